The third kappa shape index (κ3) is 2.72. The minimum Gasteiger partial charge on any atom is -0.379 e. The lowest BCUT2D eigenvalue weighted by Gasteiger charge is -2.49. The van der Waals surface area contributed by atoms with Crippen LogP contribution in [0, 0.1) is 0 Å². The second-order valence-corrected chi connectivity index (χ2v) is 7.43. The van der Waals surface area contributed by atoms with Gasteiger partial charge in [-0.1, -0.05) is 62.4 Å². The molecule has 5 rings (SSSR count). The van der Waals surface area contributed by atoms with Crippen LogP contribution >= 0.6 is 0 Å². The van der Waals surface area contributed by atoms with E-state index < -0.39 is 0 Å². The number of likely N-dealkylation sites (N-methyl/N-ethyl adjacent to an activating group) is 1. The molecule has 2 aromatic rings. The highest BCUT2D eigenvalue weighted by Gasteiger charge is 2.48. The first-order valence-electron chi connectivity index (χ1n) is 9.79. The van der Waals surface area contributed by atoms with Crippen LogP contribution in [0.2, 0.25) is 0 Å². The summed E-state index contributed by atoms with van der Waals surface area (Å²) >= 11 is 0. The van der Waals surface area contributed by atoms with Gasteiger partial charge in [0, 0.05) is 17.9 Å². The standard InChI is InChI=1S/C23H29NO/c1-3-24(4-2)15-16-25-17-23-14-13-18(19-9-5-7-11-21(19)23)20-10-6-8-12-22(20)23/h5-12,18H,3-4,13-17H2,1-2H3. The summed E-state index contributed by atoms with van der Waals surface area (Å²) in [6.45, 7) is 9.27. The molecule has 2 heteroatoms. The number of fused-ring (bicyclic) bond motifs is 1. The number of hydrogen-bond acceptors (Lipinski definition) is 2. The molecule has 0 heterocycles. The van der Waals surface area contributed by atoms with Gasteiger partial charge in [0.05, 0.1) is 13.2 Å². The van der Waals surface area contributed by atoms with Crippen molar-refractivity contribution in [1.82, 2.24) is 4.90 Å². The molecule has 2 bridgehead atoms. The summed E-state index contributed by atoms with van der Waals surface area (Å²) in [4.78, 5) is 2.43. The molecule has 132 valence electrons. The third-order valence-corrected chi connectivity index (χ3v) is 6.36. The molecule has 0 aliphatic heterocycles. The van der Waals surface area contributed by atoms with Crippen LogP contribution in [0.5, 0.6) is 0 Å². The van der Waals surface area contributed by atoms with Crippen molar-refractivity contribution in [2.45, 2.75) is 38.0 Å². The Morgan fingerprint density at radius 3 is 2.16 bits per heavy atom. The maximum absolute atomic E-state index is 6.30. The number of benzene rings is 2. The lowest BCUT2D eigenvalue weighted by atomic mass is 9.55. The van der Waals surface area contributed by atoms with Crippen LogP contribution in [0.25, 0.3) is 0 Å². The van der Waals surface area contributed by atoms with Gasteiger partial charge in [-0.2, -0.15) is 0 Å². The summed E-state index contributed by atoms with van der Waals surface area (Å²) in [6, 6.07) is 18.1. The van der Waals surface area contributed by atoms with Gasteiger partial charge in [-0.25, -0.2) is 0 Å². The monoisotopic (exact) mass is 335 g/mol. The molecule has 3 aliphatic carbocycles. The van der Waals surface area contributed by atoms with Crippen LogP contribution in [-0.4, -0.2) is 37.7 Å². The van der Waals surface area contributed by atoms with E-state index >= 15 is 0 Å². The maximum Gasteiger partial charge on any atom is 0.0604 e. The molecule has 0 amide bonds. The van der Waals surface area contributed by atoms with Crippen molar-refractivity contribution in [2.24, 2.45) is 0 Å². The smallest absolute Gasteiger partial charge is 0.0604 e. The summed E-state index contributed by atoms with van der Waals surface area (Å²) in [6.07, 6.45) is 2.45. The van der Waals surface area contributed by atoms with Crippen molar-refractivity contribution in [1.29, 1.82) is 0 Å². The average Bonchev–Trinajstić information content (AvgIpc) is 2.69. The minimum atomic E-state index is 0.0468. The predicted octanol–water partition coefficient (Wildman–Crippen LogP) is 4.57. The Morgan fingerprint density at radius 1 is 0.960 bits per heavy atom. The number of nitrogens with zero attached hydrogens (tertiary/aromatic N) is 1. The van der Waals surface area contributed by atoms with Gasteiger partial charge in [0.2, 0.25) is 0 Å². The van der Waals surface area contributed by atoms with Crippen LogP contribution < -0.4 is 0 Å². The van der Waals surface area contributed by atoms with E-state index in [1.165, 1.54) is 35.1 Å². The Labute approximate surface area is 151 Å². The number of ether oxygens (including phenoxy) is 1. The van der Waals surface area contributed by atoms with Crippen LogP contribution in [0.1, 0.15) is 54.9 Å². The zero-order valence-electron chi connectivity index (χ0n) is 15.5. The van der Waals surface area contributed by atoms with Gasteiger partial charge in [0.1, 0.15) is 0 Å². The second kappa shape index (κ2) is 6.93. The molecule has 0 saturated carbocycles. The predicted molar refractivity (Wildman–Crippen MR) is 103 cm³/mol. The van der Waals surface area contributed by atoms with Crippen LogP contribution in [-0.2, 0) is 10.2 Å². The minimum absolute atomic E-state index is 0.0468. The molecular formula is C23H29NO. The Kier molecular flexibility index (Phi) is 4.66. The molecule has 3 aliphatic rings. The van der Waals surface area contributed by atoms with Crippen molar-refractivity contribution in [3.8, 4) is 0 Å². The van der Waals surface area contributed by atoms with Gasteiger partial charge in [-0.3, -0.25) is 0 Å². The molecule has 0 N–H and O–H groups in total. The maximum atomic E-state index is 6.30. The Bertz CT molecular complexity index is 687. The van der Waals surface area contributed by atoms with Crippen molar-refractivity contribution in [3.05, 3.63) is 70.8 Å². The highest BCUT2D eigenvalue weighted by molar-refractivity contribution is 5.59. The SMILES string of the molecule is CCN(CC)CCOCC12CCC(c3ccccc31)c1ccccc12. The summed E-state index contributed by atoms with van der Waals surface area (Å²) < 4.78 is 6.30. The second-order valence-electron chi connectivity index (χ2n) is 7.43. The van der Waals surface area contributed by atoms with Gasteiger partial charge in [-0.05, 0) is 48.2 Å². The summed E-state index contributed by atoms with van der Waals surface area (Å²) in [5.41, 5.74) is 6.12. The van der Waals surface area contributed by atoms with Crippen LogP contribution in [0.3, 0.4) is 0 Å². The number of hydrogen-bond donors (Lipinski definition) is 0. The quantitative estimate of drug-likeness (QED) is 0.687. The van der Waals surface area contributed by atoms with Gasteiger partial charge >= 0.3 is 0 Å². The molecule has 0 spiro atoms. The first kappa shape index (κ1) is 16.8. The highest BCUT2D eigenvalue weighted by atomic mass is 16.5. The first-order chi connectivity index (χ1) is 12.3. The van der Waals surface area contributed by atoms with Crippen molar-refractivity contribution in [3.63, 3.8) is 0 Å². The Balaban J connectivity index is 1.62. The van der Waals surface area contributed by atoms with E-state index in [2.05, 4.69) is 67.3 Å². The van der Waals surface area contributed by atoms with Gasteiger partial charge in [0.15, 0.2) is 0 Å². The molecule has 0 aromatic heterocycles. The normalized spacial score (nSPS) is 23.6. The third-order valence-electron chi connectivity index (χ3n) is 6.36. The largest absolute Gasteiger partial charge is 0.379 e. The Hall–Kier alpha value is -1.64. The molecule has 2 nitrogen and oxygen atoms in total. The molecular weight excluding hydrogens is 306 g/mol. The summed E-state index contributed by atoms with van der Waals surface area (Å²) in [5.74, 6) is 0.574. The van der Waals surface area contributed by atoms with E-state index in [0.29, 0.717) is 5.92 Å². The average molecular weight is 335 g/mol. The molecule has 0 saturated heterocycles. The van der Waals surface area contributed by atoms with E-state index in [0.717, 1.165) is 32.8 Å². The van der Waals surface area contributed by atoms with Gasteiger partial charge in [0.25, 0.3) is 0 Å². The van der Waals surface area contributed by atoms with Crippen molar-refractivity contribution < 1.29 is 4.74 Å². The van der Waals surface area contributed by atoms with E-state index in [1.807, 2.05) is 0 Å². The van der Waals surface area contributed by atoms with E-state index in [1.54, 1.807) is 0 Å². The zero-order chi connectivity index (χ0) is 17.3. The topological polar surface area (TPSA) is 12.5 Å². The summed E-state index contributed by atoms with van der Waals surface area (Å²) in [5, 5.41) is 0. The highest BCUT2D eigenvalue weighted by Crippen LogP contribution is 2.56. The van der Waals surface area contributed by atoms with Crippen LogP contribution in [0.15, 0.2) is 48.5 Å². The molecule has 0 atom stereocenters. The van der Waals surface area contributed by atoms with E-state index in [-0.39, 0.29) is 5.41 Å². The number of rotatable bonds is 7. The van der Waals surface area contributed by atoms with Gasteiger partial charge < -0.3 is 9.64 Å². The fourth-order valence-corrected chi connectivity index (χ4v) is 4.96. The Morgan fingerprint density at radius 2 is 1.56 bits per heavy atom. The zero-order valence-corrected chi connectivity index (χ0v) is 15.5. The molecule has 2 aromatic carbocycles. The van der Waals surface area contributed by atoms with E-state index in [9.17, 15) is 0 Å². The first-order valence-corrected chi connectivity index (χ1v) is 9.79. The summed E-state index contributed by atoms with van der Waals surface area (Å²) in [7, 11) is 0. The van der Waals surface area contributed by atoms with Crippen molar-refractivity contribution >= 4 is 0 Å². The van der Waals surface area contributed by atoms with Crippen LogP contribution in [0.4, 0.5) is 0 Å². The van der Waals surface area contributed by atoms with Crippen molar-refractivity contribution in [2.75, 3.05) is 32.8 Å². The van der Waals surface area contributed by atoms with Gasteiger partial charge in [-0.15, -0.1) is 0 Å². The lowest BCUT2D eigenvalue weighted by molar-refractivity contribution is 0.0676. The molecule has 0 radical (unpaired) electrons. The molecule has 0 unspecified atom stereocenters. The molecule has 0 fully saturated rings. The van der Waals surface area contributed by atoms with E-state index in [4.69, 9.17) is 4.74 Å². The fourth-order valence-electron chi connectivity index (χ4n) is 4.96. The molecule has 25 heavy (non-hydrogen) atoms. The fraction of sp³-hybridized carbons (Fsp3) is 0.478. The lowest BCUT2D eigenvalue weighted by Crippen LogP contribution is -2.44.